The number of allylic oxidation sites excluding steroid dienone is 1. The molecule has 1 heterocycles. The first-order chi connectivity index (χ1) is 9.72. The normalized spacial score (nSPS) is 13.6. The summed E-state index contributed by atoms with van der Waals surface area (Å²) in [5.74, 6) is 0.113. The maximum absolute atomic E-state index is 12.0. The third-order valence-electron chi connectivity index (χ3n) is 3.84. The lowest BCUT2D eigenvalue weighted by molar-refractivity contribution is -0.114. The Balaban J connectivity index is 1.99. The largest absolute Gasteiger partial charge is 0.309 e. The van der Waals surface area contributed by atoms with E-state index in [1.165, 1.54) is 32.1 Å². The van der Waals surface area contributed by atoms with Gasteiger partial charge in [0.2, 0.25) is 0 Å². The molecule has 0 saturated heterocycles. The van der Waals surface area contributed by atoms with Crippen molar-refractivity contribution in [1.82, 2.24) is 4.57 Å². The van der Waals surface area contributed by atoms with Gasteiger partial charge >= 0.3 is 0 Å². The lowest BCUT2D eigenvalue weighted by atomic mass is 10.0. The molecule has 0 spiro atoms. The first-order valence-electron chi connectivity index (χ1n) is 7.66. The van der Waals surface area contributed by atoms with Crippen LogP contribution >= 0.6 is 0 Å². The highest BCUT2D eigenvalue weighted by molar-refractivity contribution is 5.97. The second kappa shape index (κ2) is 7.22. The van der Waals surface area contributed by atoms with E-state index in [0.717, 1.165) is 24.2 Å². The Morgan fingerprint density at radius 2 is 1.75 bits per heavy atom. The Hall–Kier alpha value is -1.64. The molecule has 1 aliphatic rings. The van der Waals surface area contributed by atoms with Crippen LogP contribution in [0.2, 0.25) is 0 Å². The van der Waals surface area contributed by atoms with Crippen molar-refractivity contribution >= 4 is 11.9 Å². The summed E-state index contributed by atoms with van der Waals surface area (Å²) in [7, 11) is 0. The van der Waals surface area contributed by atoms with Crippen LogP contribution in [-0.4, -0.2) is 10.4 Å². The average molecular weight is 273 g/mol. The van der Waals surface area contributed by atoms with Crippen molar-refractivity contribution in [1.29, 1.82) is 0 Å². The number of hydrogen-bond acceptors (Lipinski definition) is 2. The van der Waals surface area contributed by atoms with E-state index in [1.807, 2.05) is 4.57 Å². The van der Waals surface area contributed by atoms with Crippen LogP contribution < -0.4 is 5.56 Å². The summed E-state index contributed by atoms with van der Waals surface area (Å²) >= 11 is 0. The predicted molar refractivity (Wildman–Crippen MR) is 81.8 cm³/mol. The standard InChI is InChI=1S/C17H23NO2/c1-2-3-4-5-6-7-12-18-16-10-9-15(19)13-14(16)8-11-17(18)20/h8-11H,2-7,12-13H2,1H3. The van der Waals surface area contributed by atoms with E-state index in [2.05, 4.69) is 6.92 Å². The molecule has 0 aromatic carbocycles. The molecule has 0 fully saturated rings. The van der Waals surface area contributed by atoms with Crippen LogP contribution in [0.4, 0.5) is 0 Å². The number of hydrogen-bond donors (Lipinski definition) is 0. The number of ketones is 1. The Bertz CT molecular complexity index is 555. The van der Waals surface area contributed by atoms with Gasteiger partial charge in [0.05, 0.1) is 0 Å². The molecule has 0 unspecified atom stereocenters. The Kier molecular flexibility index (Phi) is 5.33. The first-order valence-corrected chi connectivity index (χ1v) is 7.66. The number of unbranched alkanes of at least 4 members (excludes halogenated alkanes) is 5. The maximum Gasteiger partial charge on any atom is 0.250 e. The highest BCUT2D eigenvalue weighted by Gasteiger charge is 2.14. The predicted octanol–water partition coefficient (Wildman–Crippen LogP) is 3.35. The van der Waals surface area contributed by atoms with Gasteiger partial charge in [-0.25, -0.2) is 0 Å². The molecule has 0 N–H and O–H groups in total. The van der Waals surface area contributed by atoms with Gasteiger partial charge in [-0.15, -0.1) is 0 Å². The summed E-state index contributed by atoms with van der Waals surface area (Å²) < 4.78 is 1.82. The fourth-order valence-electron chi connectivity index (χ4n) is 2.69. The number of nitrogens with zero attached hydrogens (tertiary/aromatic N) is 1. The molecule has 1 aliphatic carbocycles. The van der Waals surface area contributed by atoms with Crippen LogP contribution in [0.5, 0.6) is 0 Å². The molecule has 0 radical (unpaired) electrons. The van der Waals surface area contributed by atoms with Crippen molar-refractivity contribution in [3.05, 3.63) is 39.8 Å². The van der Waals surface area contributed by atoms with Gasteiger partial charge in [-0.05, 0) is 24.1 Å². The lowest BCUT2D eigenvalue weighted by Gasteiger charge is -2.16. The van der Waals surface area contributed by atoms with Gasteiger partial charge in [0.25, 0.3) is 5.56 Å². The number of rotatable bonds is 7. The molecule has 0 amide bonds. The Labute approximate surface area is 120 Å². The van der Waals surface area contributed by atoms with Crippen molar-refractivity contribution in [3.8, 4) is 0 Å². The van der Waals surface area contributed by atoms with Crippen LogP contribution in [0.25, 0.3) is 6.08 Å². The number of carbonyl (C=O) groups is 1. The van der Waals surface area contributed by atoms with Gasteiger partial charge in [0, 0.05) is 24.7 Å². The molecule has 20 heavy (non-hydrogen) atoms. The highest BCUT2D eigenvalue weighted by Crippen LogP contribution is 2.16. The molecule has 0 bridgehead atoms. The monoisotopic (exact) mass is 273 g/mol. The lowest BCUT2D eigenvalue weighted by Crippen LogP contribution is -2.24. The number of aromatic nitrogens is 1. The summed E-state index contributed by atoms with van der Waals surface area (Å²) in [6, 6.07) is 3.37. The van der Waals surface area contributed by atoms with E-state index in [9.17, 15) is 9.59 Å². The van der Waals surface area contributed by atoms with Gasteiger partial charge in [-0.2, -0.15) is 0 Å². The fraction of sp³-hybridized carbons (Fsp3) is 0.529. The second-order valence-electron chi connectivity index (χ2n) is 5.48. The van der Waals surface area contributed by atoms with Crippen molar-refractivity contribution in [2.24, 2.45) is 0 Å². The van der Waals surface area contributed by atoms with Crippen molar-refractivity contribution in [3.63, 3.8) is 0 Å². The zero-order valence-corrected chi connectivity index (χ0v) is 12.2. The van der Waals surface area contributed by atoms with Gasteiger partial charge in [-0.1, -0.05) is 45.1 Å². The van der Waals surface area contributed by atoms with E-state index in [4.69, 9.17) is 0 Å². The van der Waals surface area contributed by atoms with Gasteiger partial charge < -0.3 is 4.57 Å². The number of pyridine rings is 1. The summed E-state index contributed by atoms with van der Waals surface area (Å²) in [5.41, 5.74) is 1.94. The third-order valence-corrected chi connectivity index (χ3v) is 3.84. The molecular formula is C17H23NO2. The summed E-state index contributed by atoms with van der Waals surface area (Å²) in [5, 5.41) is 0. The fourth-order valence-corrected chi connectivity index (χ4v) is 2.69. The summed E-state index contributed by atoms with van der Waals surface area (Å²) in [6.45, 7) is 2.97. The zero-order valence-electron chi connectivity index (χ0n) is 12.2. The van der Waals surface area contributed by atoms with Crippen LogP contribution in [0.1, 0.15) is 56.7 Å². The van der Waals surface area contributed by atoms with E-state index < -0.39 is 0 Å². The summed E-state index contributed by atoms with van der Waals surface area (Å²) in [4.78, 5) is 23.4. The summed E-state index contributed by atoms with van der Waals surface area (Å²) in [6.07, 6.45) is 11.1. The minimum atomic E-state index is 0.0382. The van der Waals surface area contributed by atoms with Crippen molar-refractivity contribution < 1.29 is 4.79 Å². The van der Waals surface area contributed by atoms with Crippen LogP contribution in [0.3, 0.4) is 0 Å². The van der Waals surface area contributed by atoms with E-state index >= 15 is 0 Å². The number of fused-ring (bicyclic) bond motifs is 1. The van der Waals surface area contributed by atoms with Gasteiger partial charge in [0.15, 0.2) is 5.78 Å². The van der Waals surface area contributed by atoms with E-state index in [0.29, 0.717) is 6.42 Å². The SMILES string of the molecule is CCCCCCCCn1c2c(ccc1=O)CC(=O)C=C2. The molecule has 0 atom stereocenters. The molecule has 0 aliphatic heterocycles. The van der Waals surface area contributed by atoms with Crippen LogP contribution in [-0.2, 0) is 17.8 Å². The molecule has 1 aromatic heterocycles. The van der Waals surface area contributed by atoms with Crippen LogP contribution in [0.15, 0.2) is 23.0 Å². The average Bonchev–Trinajstić information content (AvgIpc) is 2.44. The first kappa shape index (κ1) is 14.8. The molecule has 3 nitrogen and oxygen atoms in total. The molecular weight excluding hydrogens is 250 g/mol. The number of carbonyl (C=O) groups excluding carboxylic acids is 1. The van der Waals surface area contributed by atoms with Gasteiger partial charge in [0.1, 0.15) is 0 Å². The second-order valence-corrected chi connectivity index (χ2v) is 5.48. The minimum Gasteiger partial charge on any atom is -0.309 e. The van der Waals surface area contributed by atoms with Crippen LogP contribution in [0, 0.1) is 0 Å². The maximum atomic E-state index is 12.0. The minimum absolute atomic E-state index is 0.0382. The smallest absolute Gasteiger partial charge is 0.250 e. The van der Waals surface area contributed by atoms with Gasteiger partial charge in [-0.3, -0.25) is 9.59 Å². The van der Waals surface area contributed by atoms with Crippen molar-refractivity contribution in [2.45, 2.75) is 58.4 Å². The van der Waals surface area contributed by atoms with Crippen molar-refractivity contribution in [2.75, 3.05) is 0 Å². The van der Waals surface area contributed by atoms with E-state index in [1.54, 1.807) is 24.3 Å². The Morgan fingerprint density at radius 3 is 2.55 bits per heavy atom. The topological polar surface area (TPSA) is 39.1 Å². The van der Waals surface area contributed by atoms with E-state index in [-0.39, 0.29) is 11.3 Å². The zero-order chi connectivity index (χ0) is 14.4. The molecule has 3 heteroatoms. The quantitative estimate of drug-likeness (QED) is 0.715. The molecule has 1 aromatic rings. The highest BCUT2D eigenvalue weighted by atomic mass is 16.1. The Morgan fingerprint density at radius 1 is 1.00 bits per heavy atom. The molecule has 2 rings (SSSR count). The molecule has 0 saturated carbocycles. The molecule has 108 valence electrons. The third kappa shape index (κ3) is 3.69.